The molecule has 16 heavy (non-hydrogen) atoms. The van der Waals surface area contributed by atoms with Crippen LogP contribution in [0.1, 0.15) is 22.1 Å². The lowest BCUT2D eigenvalue weighted by Crippen LogP contribution is -2.23. The van der Waals surface area contributed by atoms with Gasteiger partial charge in [0.1, 0.15) is 6.23 Å². The molecule has 1 rings (SSSR count). The van der Waals surface area contributed by atoms with Crippen molar-refractivity contribution in [2.24, 2.45) is 5.73 Å². The molecule has 0 radical (unpaired) electrons. The minimum absolute atomic E-state index is 0.234. The number of hydrogen-bond donors (Lipinski definition) is 2. The number of primary amides is 1. The van der Waals surface area contributed by atoms with Gasteiger partial charge >= 0.3 is 0 Å². The Labute approximate surface area is 95.0 Å². The predicted octanol–water partition coefficient (Wildman–Crippen LogP) is 0.574. The summed E-state index contributed by atoms with van der Waals surface area (Å²) in [4.78, 5) is 12.8. The zero-order valence-electron chi connectivity index (χ0n) is 9.73. The Morgan fingerprint density at radius 2 is 2.06 bits per heavy atom. The number of rotatable bonds is 4. The van der Waals surface area contributed by atoms with Gasteiger partial charge in [-0.05, 0) is 26.2 Å². The maximum absolute atomic E-state index is 11.0. The predicted molar refractivity (Wildman–Crippen MR) is 62.8 cm³/mol. The van der Waals surface area contributed by atoms with Crippen molar-refractivity contribution in [1.29, 1.82) is 0 Å². The lowest BCUT2D eigenvalue weighted by atomic mass is 10.1. The Kier molecular flexibility index (Phi) is 3.87. The van der Waals surface area contributed by atoms with Gasteiger partial charge in [0, 0.05) is 23.9 Å². The zero-order valence-corrected chi connectivity index (χ0v) is 9.73. The molecule has 5 heteroatoms. The second-order valence-corrected chi connectivity index (χ2v) is 3.76. The average molecular weight is 223 g/mol. The van der Waals surface area contributed by atoms with Gasteiger partial charge in [0.15, 0.2) is 0 Å². The summed E-state index contributed by atoms with van der Waals surface area (Å²) in [5.41, 5.74) is 12.7. The van der Waals surface area contributed by atoms with E-state index in [9.17, 15) is 4.79 Å². The molecule has 4 N–H and O–H groups in total. The highest BCUT2D eigenvalue weighted by atomic mass is 16.5. The van der Waals surface area contributed by atoms with Crippen molar-refractivity contribution in [1.82, 2.24) is 4.90 Å². The van der Waals surface area contributed by atoms with Crippen LogP contribution in [0.15, 0.2) is 18.2 Å². The number of nitrogens with two attached hydrogens (primary N) is 2. The first-order chi connectivity index (χ1) is 7.47. The van der Waals surface area contributed by atoms with Crippen molar-refractivity contribution in [2.75, 3.05) is 26.9 Å². The minimum Gasteiger partial charge on any atom is -0.398 e. The summed E-state index contributed by atoms with van der Waals surface area (Å²) in [7, 11) is 5.37. The molecular weight excluding hydrogens is 206 g/mol. The Hall–Kier alpha value is -1.59. The average Bonchev–Trinajstić information content (AvgIpc) is 2.20. The highest BCUT2D eigenvalue weighted by molar-refractivity contribution is 5.93. The van der Waals surface area contributed by atoms with Crippen molar-refractivity contribution in [3.63, 3.8) is 0 Å². The summed E-state index contributed by atoms with van der Waals surface area (Å²) in [5, 5.41) is 0. The van der Waals surface area contributed by atoms with E-state index >= 15 is 0 Å². The number of nitrogens with zero attached hydrogens (tertiary/aromatic N) is 1. The van der Waals surface area contributed by atoms with E-state index in [1.54, 1.807) is 25.3 Å². The van der Waals surface area contributed by atoms with Gasteiger partial charge in [-0.3, -0.25) is 9.69 Å². The monoisotopic (exact) mass is 223 g/mol. The lowest BCUT2D eigenvalue weighted by Gasteiger charge is -2.24. The smallest absolute Gasteiger partial charge is 0.248 e. The summed E-state index contributed by atoms with van der Waals surface area (Å²) < 4.78 is 5.31. The van der Waals surface area contributed by atoms with Gasteiger partial charge in [-0.1, -0.05) is 6.07 Å². The third-order valence-electron chi connectivity index (χ3n) is 2.33. The molecule has 0 heterocycles. The van der Waals surface area contributed by atoms with E-state index in [2.05, 4.69) is 0 Å². The molecule has 1 atom stereocenters. The van der Waals surface area contributed by atoms with Crippen molar-refractivity contribution in [2.45, 2.75) is 6.23 Å². The molecule has 88 valence electrons. The number of methoxy groups -OCH3 is 1. The van der Waals surface area contributed by atoms with E-state index < -0.39 is 5.91 Å². The fourth-order valence-electron chi connectivity index (χ4n) is 1.57. The highest BCUT2D eigenvalue weighted by Gasteiger charge is 2.16. The maximum atomic E-state index is 11.0. The number of carbonyl (C=O) groups excluding carboxylic acids is 1. The fourth-order valence-corrected chi connectivity index (χ4v) is 1.57. The molecule has 1 unspecified atom stereocenters. The second kappa shape index (κ2) is 4.96. The fraction of sp³-hybridized carbons (Fsp3) is 0.364. The maximum Gasteiger partial charge on any atom is 0.248 e. The Bertz CT molecular complexity index is 391. The summed E-state index contributed by atoms with van der Waals surface area (Å²) in [6.45, 7) is 0. The number of amides is 1. The Morgan fingerprint density at radius 3 is 2.44 bits per heavy atom. The molecule has 0 aliphatic rings. The molecule has 0 fully saturated rings. The van der Waals surface area contributed by atoms with Gasteiger partial charge in [0.05, 0.1) is 0 Å². The SMILES string of the molecule is COC(c1ccc(C(N)=O)cc1N)N(C)C. The number of anilines is 1. The highest BCUT2D eigenvalue weighted by Crippen LogP contribution is 2.25. The van der Waals surface area contributed by atoms with Crippen LogP contribution in [0, 0.1) is 0 Å². The van der Waals surface area contributed by atoms with Gasteiger partial charge in [-0.2, -0.15) is 0 Å². The van der Waals surface area contributed by atoms with Gasteiger partial charge in [0.2, 0.25) is 5.91 Å². The summed E-state index contributed by atoms with van der Waals surface area (Å²) in [5.74, 6) is -0.489. The number of hydrogen-bond acceptors (Lipinski definition) is 4. The van der Waals surface area contributed by atoms with E-state index in [0.29, 0.717) is 11.3 Å². The van der Waals surface area contributed by atoms with Gasteiger partial charge in [0.25, 0.3) is 0 Å². The van der Waals surface area contributed by atoms with Crippen LogP contribution in [0.4, 0.5) is 5.69 Å². The standard InChI is InChI=1S/C11H17N3O2/c1-14(2)11(16-3)8-5-4-7(10(13)15)6-9(8)12/h4-6,11H,12H2,1-3H3,(H2,13,15). The quantitative estimate of drug-likeness (QED) is 0.577. The molecule has 0 spiro atoms. The van der Waals surface area contributed by atoms with E-state index in [0.717, 1.165) is 5.56 Å². The normalized spacial score (nSPS) is 12.8. The molecule has 0 aromatic heterocycles. The first-order valence-electron chi connectivity index (χ1n) is 4.85. The molecule has 1 amide bonds. The van der Waals surface area contributed by atoms with Crippen LogP contribution in [-0.4, -0.2) is 32.0 Å². The summed E-state index contributed by atoms with van der Waals surface area (Å²) in [6, 6.07) is 4.96. The van der Waals surface area contributed by atoms with Crippen molar-refractivity contribution in [3.8, 4) is 0 Å². The van der Waals surface area contributed by atoms with E-state index in [1.807, 2.05) is 19.0 Å². The van der Waals surface area contributed by atoms with Crippen molar-refractivity contribution in [3.05, 3.63) is 29.3 Å². The third kappa shape index (κ3) is 2.50. The van der Waals surface area contributed by atoms with Gasteiger partial charge in [-0.15, -0.1) is 0 Å². The van der Waals surface area contributed by atoms with Gasteiger partial charge < -0.3 is 16.2 Å². The van der Waals surface area contributed by atoms with Crippen LogP contribution in [0.3, 0.4) is 0 Å². The number of nitrogen functional groups attached to an aromatic ring is 1. The van der Waals surface area contributed by atoms with Crippen LogP contribution in [0.2, 0.25) is 0 Å². The molecule has 5 nitrogen and oxygen atoms in total. The molecule has 0 aliphatic heterocycles. The Balaban J connectivity index is 3.11. The molecule has 1 aromatic rings. The zero-order chi connectivity index (χ0) is 12.3. The Morgan fingerprint density at radius 1 is 1.44 bits per heavy atom. The molecule has 0 aliphatic carbocycles. The summed E-state index contributed by atoms with van der Waals surface area (Å²) >= 11 is 0. The number of carbonyl (C=O) groups is 1. The van der Waals surface area contributed by atoms with E-state index in [4.69, 9.17) is 16.2 Å². The van der Waals surface area contributed by atoms with Crippen molar-refractivity contribution >= 4 is 11.6 Å². The van der Waals surface area contributed by atoms with Crippen LogP contribution in [0.25, 0.3) is 0 Å². The first kappa shape index (κ1) is 12.5. The molecule has 1 aromatic carbocycles. The van der Waals surface area contributed by atoms with Crippen LogP contribution in [0.5, 0.6) is 0 Å². The van der Waals surface area contributed by atoms with E-state index in [-0.39, 0.29) is 6.23 Å². The van der Waals surface area contributed by atoms with Crippen molar-refractivity contribution < 1.29 is 9.53 Å². The van der Waals surface area contributed by atoms with Crippen LogP contribution >= 0.6 is 0 Å². The lowest BCUT2D eigenvalue weighted by molar-refractivity contribution is -0.00486. The topological polar surface area (TPSA) is 81.6 Å². The molecular formula is C11H17N3O2. The number of ether oxygens (including phenoxy) is 1. The molecule has 0 saturated heterocycles. The van der Waals surface area contributed by atoms with Crippen LogP contribution in [-0.2, 0) is 4.74 Å². The second-order valence-electron chi connectivity index (χ2n) is 3.76. The third-order valence-corrected chi connectivity index (χ3v) is 2.33. The largest absolute Gasteiger partial charge is 0.398 e. The van der Waals surface area contributed by atoms with Crippen LogP contribution < -0.4 is 11.5 Å². The van der Waals surface area contributed by atoms with Gasteiger partial charge in [-0.25, -0.2) is 0 Å². The number of benzene rings is 1. The summed E-state index contributed by atoms with van der Waals surface area (Å²) in [6.07, 6.45) is -0.234. The molecule has 0 bridgehead atoms. The molecule has 0 saturated carbocycles. The van der Waals surface area contributed by atoms with E-state index in [1.165, 1.54) is 0 Å². The minimum atomic E-state index is -0.489. The first-order valence-corrected chi connectivity index (χ1v) is 4.85.